The van der Waals surface area contributed by atoms with Gasteiger partial charge in [0.15, 0.2) is 0 Å². The van der Waals surface area contributed by atoms with Crippen LogP contribution in [0.3, 0.4) is 0 Å². The SMILES string of the molecule is CC1(CNS(=O)(=O)c2ccc(Cl)c(CNC3CC3)c2)CC1. The van der Waals surface area contributed by atoms with Crippen LogP contribution in [-0.4, -0.2) is 21.0 Å². The molecule has 0 unspecified atom stereocenters. The third-order valence-corrected chi connectivity index (χ3v) is 6.05. The number of hydrogen-bond acceptors (Lipinski definition) is 3. The van der Waals surface area contributed by atoms with Crippen molar-refractivity contribution in [2.24, 2.45) is 5.41 Å². The summed E-state index contributed by atoms with van der Waals surface area (Å²) in [5.74, 6) is 0. The van der Waals surface area contributed by atoms with Crippen molar-refractivity contribution in [3.05, 3.63) is 28.8 Å². The van der Waals surface area contributed by atoms with Gasteiger partial charge in [-0.05, 0) is 54.9 Å². The lowest BCUT2D eigenvalue weighted by Crippen LogP contribution is -2.29. The maximum absolute atomic E-state index is 12.3. The average Bonchev–Trinajstić information content (AvgIpc) is 3.34. The average molecular weight is 329 g/mol. The molecule has 116 valence electrons. The van der Waals surface area contributed by atoms with Crippen molar-refractivity contribution in [2.75, 3.05) is 6.54 Å². The smallest absolute Gasteiger partial charge is 0.240 e. The van der Waals surface area contributed by atoms with E-state index in [9.17, 15) is 8.42 Å². The van der Waals surface area contributed by atoms with Crippen LogP contribution in [0.2, 0.25) is 5.02 Å². The van der Waals surface area contributed by atoms with Gasteiger partial charge >= 0.3 is 0 Å². The summed E-state index contributed by atoms with van der Waals surface area (Å²) in [4.78, 5) is 0.295. The normalized spacial score (nSPS) is 20.5. The van der Waals surface area contributed by atoms with Crippen molar-refractivity contribution >= 4 is 21.6 Å². The topological polar surface area (TPSA) is 58.2 Å². The summed E-state index contributed by atoms with van der Waals surface area (Å²) in [6, 6.07) is 5.48. The summed E-state index contributed by atoms with van der Waals surface area (Å²) >= 11 is 6.15. The molecule has 0 amide bonds. The van der Waals surface area contributed by atoms with Gasteiger partial charge in [-0.25, -0.2) is 13.1 Å². The molecule has 2 N–H and O–H groups in total. The van der Waals surface area contributed by atoms with Gasteiger partial charge in [-0.3, -0.25) is 0 Å². The lowest BCUT2D eigenvalue weighted by molar-refractivity contribution is 0.530. The lowest BCUT2D eigenvalue weighted by atomic mass is 10.2. The number of nitrogens with one attached hydrogen (secondary N) is 2. The highest BCUT2D eigenvalue weighted by Crippen LogP contribution is 2.44. The first kappa shape index (κ1) is 15.3. The molecule has 2 aliphatic rings. The van der Waals surface area contributed by atoms with Gasteiger partial charge in [-0.15, -0.1) is 0 Å². The van der Waals surface area contributed by atoms with E-state index in [1.165, 1.54) is 12.8 Å². The predicted molar refractivity (Wildman–Crippen MR) is 83.8 cm³/mol. The van der Waals surface area contributed by atoms with Crippen LogP contribution in [-0.2, 0) is 16.6 Å². The molecule has 0 heterocycles. The third kappa shape index (κ3) is 3.97. The summed E-state index contributed by atoms with van der Waals surface area (Å²) in [7, 11) is -3.45. The number of rotatable bonds is 7. The Labute approximate surface area is 131 Å². The second kappa shape index (κ2) is 5.54. The van der Waals surface area contributed by atoms with E-state index < -0.39 is 10.0 Å². The molecule has 0 spiro atoms. The molecular formula is C15H21ClN2O2S. The summed E-state index contributed by atoms with van der Waals surface area (Å²) in [5, 5.41) is 3.97. The highest BCUT2D eigenvalue weighted by molar-refractivity contribution is 7.89. The molecular weight excluding hydrogens is 308 g/mol. The fourth-order valence-electron chi connectivity index (χ4n) is 2.14. The van der Waals surface area contributed by atoms with Crippen molar-refractivity contribution in [3.63, 3.8) is 0 Å². The Morgan fingerprint density at radius 1 is 1.33 bits per heavy atom. The van der Waals surface area contributed by atoms with Crippen LogP contribution in [0.5, 0.6) is 0 Å². The molecule has 6 heteroatoms. The Morgan fingerprint density at radius 3 is 2.67 bits per heavy atom. The van der Waals surface area contributed by atoms with Gasteiger partial charge in [0.1, 0.15) is 0 Å². The first-order valence-corrected chi connectivity index (χ1v) is 9.26. The minimum Gasteiger partial charge on any atom is -0.310 e. The van der Waals surface area contributed by atoms with Crippen molar-refractivity contribution in [1.82, 2.24) is 10.0 Å². The van der Waals surface area contributed by atoms with Crippen molar-refractivity contribution in [3.8, 4) is 0 Å². The first-order valence-electron chi connectivity index (χ1n) is 7.40. The zero-order chi connectivity index (χ0) is 15.1. The van der Waals surface area contributed by atoms with Crippen molar-refractivity contribution < 1.29 is 8.42 Å². The van der Waals surface area contributed by atoms with Gasteiger partial charge in [0.25, 0.3) is 0 Å². The Balaban J connectivity index is 1.71. The molecule has 3 rings (SSSR count). The number of halogens is 1. The Hall–Kier alpha value is -0.620. The molecule has 2 fully saturated rings. The molecule has 0 aliphatic heterocycles. The van der Waals surface area contributed by atoms with Crippen LogP contribution in [0.15, 0.2) is 23.1 Å². The zero-order valence-corrected chi connectivity index (χ0v) is 13.7. The van der Waals surface area contributed by atoms with E-state index in [4.69, 9.17) is 11.6 Å². The Bertz CT molecular complexity index is 637. The van der Waals surface area contributed by atoms with Crippen LogP contribution in [0, 0.1) is 5.41 Å². The molecule has 1 aromatic carbocycles. The van der Waals surface area contributed by atoms with Crippen LogP contribution in [0.4, 0.5) is 0 Å². The Morgan fingerprint density at radius 2 is 2.05 bits per heavy atom. The van der Waals surface area contributed by atoms with Gasteiger partial charge < -0.3 is 5.32 Å². The van der Waals surface area contributed by atoms with Gasteiger partial charge in [0.05, 0.1) is 4.90 Å². The van der Waals surface area contributed by atoms with Crippen LogP contribution < -0.4 is 10.0 Å². The second-order valence-corrected chi connectivity index (χ2v) is 8.72. The van der Waals surface area contributed by atoms with Gasteiger partial charge in [0, 0.05) is 24.2 Å². The molecule has 0 bridgehead atoms. The number of sulfonamides is 1. The maximum Gasteiger partial charge on any atom is 0.240 e. The quantitative estimate of drug-likeness (QED) is 0.809. The molecule has 2 saturated carbocycles. The summed E-state index contributed by atoms with van der Waals surface area (Å²) in [6.07, 6.45) is 4.56. The summed E-state index contributed by atoms with van der Waals surface area (Å²) in [6.45, 7) is 3.22. The van der Waals surface area contributed by atoms with E-state index in [1.807, 2.05) is 0 Å². The van der Waals surface area contributed by atoms with E-state index in [-0.39, 0.29) is 5.41 Å². The first-order chi connectivity index (χ1) is 9.88. The summed E-state index contributed by atoms with van der Waals surface area (Å²) in [5.41, 5.74) is 0.986. The van der Waals surface area contributed by atoms with E-state index in [0.29, 0.717) is 29.0 Å². The van der Waals surface area contributed by atoms with Crippen LogP contribution in [0.25, 0.3) is 0 Å². The second-order valence-electron chi connectivity index (χ2n) is 6.54. The minimum absolute atomic E-state index is 0.149. The molecule has 0 aromatic heterocycles. The Kier molecular flexibility index (Phi) is 4.03. The zero-order valence-electron chi connectivity index (χ0n) is 12.2. The van der Waals surface area contributed by atoms with Gasteiger partial charge in [-0.2, -0.15) is 0 Å². The van der Waals surface area contributed by atoms with Crippen molar-refractivity contribution in [1.29, 1.82) is 0 Å². The van der Waals surface area contributed by atoms with E-state index >= 15 is 0 Å². The van der Waals surface area contributed by atoms with Crippen LogP contribution in [0.1, 0.15) is 38.2 Å². The van der Waals surface area contributed by atoms with Gasteiger partial charge in [-0.1, -0.05) is 18.5 Å². The monoisotopic (exact) mass is 328 g/mol. The highest BCUT2D eigenvalue weighted by Gasteiger charge is 2.38. The standard InChI is InChI=1S/C15H21ClN2O2S/c1-15(6-7-15)10-18-21(19,20)13-4-5-14(16)11(8-13)9-17-12-2-3-12/h4-5,8,12,17-18H,2-3,6-7,9-10H2,1H3. The van der Waals surface area contributed by atoms with E-state index in [0.717, 1.165) is 18.4 Å². The van der Waals surface area contributed by atoms with E-state index in [1.54, 1.807) is 18.2 Å². The fraction of sp³-hybridized carbons (Fsp3) is 0.600. The van der Waals surface area contributed by atoms with E-state index in [2.05, 4.69) is 17.0 Å². The van der Waals surface area contributed by atoms with Gasteiger partial charge in [0.2, 0.25) is 10.0 Å². The number of hydrogen-bond donors (Lipinski definition) is 2. The van der Waals surface area contributed by atoms with Crippen LogP contribution >= 0.6 is 11.6 Å². The highest BCUT2D eigenvalue weighted by atomic mass is 35.5. The number of benzene rings is 1. The molecule has 0 saturated heterocycles. The third-order valence-electron chi connectivity index (χ3n) is 4.28. The molecule has 4 nitrogen and oxygen atoms in total. The molecule has 0 atom stereocenters. The molecule has 21 heavy (non-hydrogen) atoms. The largest absolute Gasteiger partial charge is 0.310 e. The lowest BCUT2D eigenvalue weighted by Gasteiger charge is -2.13. The fourth-order valence-corrected chi connectivity index (χ4v) is 3.57. The minimum atomic E-state index is -3.45. The molecule has 2 aliphatic carbocycles. The predicted octanol–water partition coefficient (Wildman–Crippen LogP) is 2.67. The summed E-state index contributed by atoms with van der Waals surface area (Å²) < 4.78 is 27.4. The molecule has 0 radical (unpaired) electrons. The molecule has 1 aromatic rings. The maximum atomic E-state index is 12.3. The van der Waals surface area contributed by atoms with Crippen molar-refractivity contribution in [2.45, 2.75) is 50.1 Å².